The standard InChI is InChI=1S/C6H11ClO3S.Na/c7-5-3-1-2-4-6(5)11(8,9)10;/h5-6H,1-4H2,(H,8,9,10);/q;+1/p-1/t5-,6-;/m1./s1. The molecule has 0 aromatic rings. The van der Waals surface area contributed by atoms with Crippen molar-refractivity contribution < 1.29 is 42.5 Å². The first kappa shape index (κ1) is 13.2. The van der Waals surface area contributed by atoms with Crippen LogP contribution >= 0.6 is 11.6 Å². The SMILES string of the molecule is O=S(=O)([O-])[C@@H]1CCCC[C@H]1Cl.[Na+]. The Kier molecular flexibility index (Phi) is 5.69. The molecular formula is C6H10ClNaO3S. The zero-order valence-electron chi connectivity index (χ0n) is 6.99. The molecular weight excluding hydrogens is 211 g/mol. The van der Waals surface area contributed by atoms with Crippen LogP contribution in [0.3, 0.4) is 0 Å². The van der Waals surface area contributed by atoms with Gasteiger partial charge in [0.05, 0.1) is 15.4 Å². The third kappa shape index (κ3) is 3.52. The summed E-state index contributed by atoms with van der Waals surface area (Å²) in [6, 6.07) is 0. The van der Waals surface area contributed by atoms with E-state index in [1.807, 2.05) is 0 Å². The van der Waals surface area contributed by atoms with E-state index in [4.69, 9.17) is 11.6 Å². The first-order valence-electron chi connectivity index (χ1n) is 3.60. The summed E-state index contributed by atoms with van der Waals surface area (Å²) in [5.41, 5.74) is 0. The van der Waals surface area contributed by atoms with Crippen LogP contribution in [-0.2, 0) is 10.1 Å². The maximum Gasteiger partial charge on any atom is 1.00 e. The van der Waals surface area contributed by atoms with Gasteiger partial charge in [-0.15, -0.1) is 11.6 Å². The van der Waals surface area contributed by atoms with Gasteiger partial charge in [-0.1, -0.05) is 12.8 Å². The fourth-order valence-electron chi connectivity index (χ4n) is 1.38. The zero-order chi connectivity index (χ0) is 8.48. The van der Waals surface area contributed by atoms with Crippen molar-refractivity contribution >= 4 is 21.7 Å². The van der Waals surface area contributed by atoms with E-state index in [-0.39, 0.29) is 29.6 Å². The van der Waals surface area contributed by atoms with Crippen molar-refractivity contribution in [3.8, 4) is 0 Å². The molecule has 6 heteroatoms. The molecule has 0 saturated heterocycles. The molecule has 0 aromatic carbocycles. The zero-order valence-corrected chi connectivity index (χ0v) is 10.6. The van der Waals surface area contributed by atoms with Crippen LogP contribution in [0.1, 0.15) is 25.7 Å². The van der Waals surface area contributed by atoms with Gasteiger partial charge in [-0.05, 0) is 12.8 Å². The topological polar surface area (TPSA) is 57.2 Å². The Bertz CT molecular complexity index is 229. The summed E-state index contributed by atoms with van der Waals surface area (Å²) in [7, 11) is -4.16. The first-order valence-corrected chi connectivity index (χ1v) is 5.51. The molecule has 0 amide bonds. The molecule has 66 valence electrons. The molecule has 1 aliphatic rings. The molecule has 0 aliphatic heterocycles. The van der Waals surface area contributed by atoms with Gasteiger partial charge in [-0.2, -0.15) is 0 Å². The number of hydrogen-bond acceptors (Lipinski definition) is 3. The van der Waals surface area contributed by atoms with E-state index in [0.717, 1.165) is 12.8 Å². The average Bonchev–Trinajstić information content (AvgIpc) is 1.86. The van der Waals surface area contributed by atoms with Gasteiger partial charge >= 0.3 is 29.6 Å². The molecule has 0 aromatic heterocycles. The Hall–Kier alpha value is 1.20. The van der Waals surface area contributed by atoms with E-state index < -0.39 is 20.7 Å². The molecule has 1 fully saturated rings. The van der Waals surface area contributed by atoms with Gasteiger partial charge in [-0.3, -0.25) is 0 Å². The number of alkyl halides is 1. The summed E-state index contributed by atoms with van der Waals surface area (Å²) in [5, 5.41) is -1.32. The van der Waals surface area contributed by atoms with Crippen molar-refractivity contribution in [1.29, 1.82) is 0 Å². The van der Waals surface area contributed by atoms with Crippen LogP contribution < -0.4 is 29.6 Å². The predicted octanol–water partition coefficient (Wildman–Crippen LogP) is -1.91. The number of hydrogen-bond donors (Lipinski definition) is 0. The van der Waals surface area contributed by atoms with Crippen molar-refractivity contribution in [3.05, 3.63) is 0 Å². The maximum absolute atomic E-state index is 10.6. The van der Waals surface area contributed by atoms with Crippen LogP contribution in [0.5, 0.6) is 0 Å². The quantitative estimate of drug-likeness (QED) is 0.294. The van der Waals surface area contributed by atoms with Crippen LogP contribution in [-0.4, -0.2) is 23.6 Å². The third-order valence-electron chi connectivity index (χ3n) is 1.99. The second-order valence-corrected chi connectivity index (χ2v) is 4.98. The Morgan fingerprint density at radius 3 is 2.08 bits per heavy atom. The molecule has 2 atom stereocenters. The van der Waals surface area contributed by atoms with Crippen molar-refractivity contribution in [2.24, 2.45) is 0 Å². The normalized spacial score (nSPS) is 30.8. The van der Waals surface area contributed by atoms with Crippen molar-refractivity contribution in [2.45, 2.75) is 36.3 Å². The van der Waals surface area contributed by atoms with Crippen molar-refractivity contribution in [3.63, 3.8) is 0 Å². The van der Waals surface area contributed by atoms with Crippen molar-refractivity contribution in [2.75, 3.05) is 0 Å². The van der Waals surface area contributed by atoms with E-state index in [0.29, 0.717) is 12.8 Å². The van der Waals surface area contributed by atoms with Gasteiger partial charge < -0.3 is 4.55 Å². The first-order chi connectivity index (χ1) is 5.02. The van der Waals surface area contributed by atoms with Crippen LogP contribution in [0.25, 0.3) is 0 Å². The molecule has 1 aliphatic carbocycles. The Morgan fingerprint density at radius 1 is 1.25 bits per heavy atom. The van der Waals surface area contributed by atoms with Crippen molar-refractivity contribution in [1.82, 2.24) is 0 Å². The largest absolute Gasteiger partial charge is 1.00 e. The summed E-state index contributed by atoms with van der Waals surface area (Å²) in [4.78, 5) is 0. The molecule has 0 bridgehead atoms. The Balaban J connectivity index is 0.00000121. The van der Waals surface area contributed by atoms with Gasteiger partial charge in [0.2, 0.25) is 0 Å². The Labute approximate surface area is 99.9 Å². The monoisotopic (exact) mass is 220 g/mol. The smallest absolute Gasteiger partial charge is 0.748 e. The van der Waals surface area contributed by atoms with Crippen LogP contribution in [0.2, 0.25) is 0 Å². The molecule has 0 spiro atoms. The molecule has 1 saturated carbocycles. The molecule has 3 nitrogen and oxygen atoms in total. The summed E-state index contributed by atoms with van der Waals surface area (Å²) in [5.74, 6) is 0. The van der Waals surface area contributed by atoms with Gasteiger partial charge in [0.15, 0.2) is 0 Å². The minimum absolute atomic E-state index is 0. The average molecular weight is 221 g/mol. The second-order valence-electron chi connectivity index (χ2n) is 2.83. The fraction of sp³-hybridized carbons (Fsp3) is 1.00. The second kappa shape index (κ2) is 5.17. The van der Waals surface area contributed by atoms with Crippen LogP contribution in [0.4, 0.5) is 0 Å². The molecule has 12 heavy (non-hydrogen) atoms. The third-order valence-corrected chi connectivity index (χ3v) is 3.97. The Morgan fingerprint density at radius 2 is 1.75 bits per heavy atom. The summed E-state index contributed by atoms with van der Waals surface area (Å²) in [6.07, 6.45) is 2.81. The summed E-state index contributed by atoms with van der Waals surface area (Å²) in [6.45, 7) is 0. The van der Waals surface area contributed by atoms with Crippen LogP contribution in [0, 0.1) is 0 Å². The van der Waals surface area contributed by atoms with E-state index >= 15 is 0 Å². The van der Waals surface area contributed by atoms with Crippen LogP contribution in [0.15, 0.2) is 0 Å². The molecule has 0 unspecified atom stereocenters. The predicted molar refractivity (Wildman–Crippen MR) is 41.6 cm³/mol. The van der Waals surface area contributed by atoms with E-state index in [1.165, 1.54) is 0 Å². The van der Waals surface area contributed by atoms with Gasteiger partial charge in [0.1, 0.15) is 0 Å². The maximum atomic E-state index is 10.6. The summed E-state index contributed by atoms with van der Waals surface area (Å²) >= 11 is 5.69. The van der Waals surface area contributed by atoms with Gasteiger partial charge in [0, 0.05) is 5.38 Å². The molecule has 0 heterocycles. The van der Waals surface area contributed by atoms with E-state index in [9.17, 15) is 13.0 Å². The van der Waals surface area contributed by atoms with E-state index in [1.54, 1.807) is 0 Å². The molecule has 0 radical (unpaired) electrons. The minimum atomic E-state index is -4.16. The fourth-order valence-corrected chi connectivity index (χ4v) is 2.99. The van der Waals surface area contributed by atoms with Gasteiger partial charge in [-0.25, -0.2) is 8.42 Å². The summed E-state index contributed by atoms with van der Waals surface area (Å²) < 4.78 is 31.7. The van der Waals surface area contributed by atoms with E-state index in [2.05, 4.69) is 0 Å². The number of halogens is 1. The number of rotatable bonds is 1. The minimum Gasteiger partial charge on any atom is -0.748 e. The van der Waals surface area contributed by atoms with Gasteiger partial charge in [0.25, 0.3) is 0 Å². The molecule has 0 N–H and O–H groups in total. The molecule has 1 rings (SSSR count).